The summed E-state index contributed by atoms with van der Waals surface area (Å²) in [5.41, 5.74) is 0.509. The molecule has 2 aromatic rings. The van der Waals surface area contributed by atoms with Crippen LogP contribution in [0.25, 0.3) is 11.6 Å². The number of nitrogens with one attached hydrogen (secondary N) is 1. The van der Waals surface area contributed by atoms with Crippen molar-refractivity contribution in [1.29, 1.82) is 5.26 Å². The third kappa shape index (κ3) is 5.37. The van der Waals surface area contributed by atoms with Gasteiger partial charge in [0.1, 0.15) is 10.7 Å². The van der Waals surface area contributed by atoms with Crippen LogP contribution in [0.1, 0.15) is 5.56 Å². The van der Waals surface area contributed by atoms with E-state index in [9.17, 15) is 14.9 Å². The molecular formula is C19H21N3O4S. The van der Waals surface area contributed by atoms with Gasteiger partial charge in [-0.3, -0.25) is 14.2 Å². The van der Waals surface area contributed by atoms with Crippen molar-refractivity contribution in [3.05, 3.63) is 55.4 Å². The second-order valence-corrected chi connectivity index (χ2v) is 6.54. The second-order valence-electron chi connectivity index (χ2n) is 5.51. The maximum atomic E-state index is 12.8. The van der Waals surface area contributed by atoms with E-state index < -0.39 is 5.91 Å². The fourth-order valence-corrected chi connectivity index (χ4v) is 3.47. The summed E-state index contributed by atoms with van der Waals surface area (Å²) >= 11 is 1.12. The predicted octanol–water partition coefficient (Wildman–Crippen LogP) is -0.178. The smallest absolute Gasteiger partial charge is 0.269 e. The number of carbonyl (C=O) groups is 1. The van der Waals surface area contributed by atoms with Gasteiger partial charge in [-0.2, -0.15) is 5.26 Å². The summed E-state index contributed by atoms with van der Waals surface area (Å²) in [5, 5.41) is 12.1. The number of ether oxygens (including phenoxy) is 2. The third-order valence-corrected chi connectivity index (χ3v) is 4.80. The normalized spacial score (nSPS) is 12.6. The molecule has 0 aliphatic carbocycles. The number of amides is 1. The largest absolute Gasteiger partial charge is 0.383 e. The topological polar surface area (TPSA) is 93.4 Å². The Kier molecular flexibility index (Phi) is 7.95. The minimum Gasteiger partial charge on any atom is -0.383 e. The quantitative estimate of drug-likeness (QED) is 0.635. The number of benzene rings is 1. The number of hydrogen-bond donors (Lipinski definition) is 1. The van der Waals surface area contributed by atoms with E-state index >= 15 is 0 Å². The molecule has 0 saturated heterocycles. The van der Waals surface area contributed by atoms with E-state index in [1.165, 1.54) is 18.8 Å². The van der Waals surface area contributed by atoms with E-state index in [1.54, 1.807) is 6.08 Å². The molecular weight excluding hydrogens is 366 g/mol. The number of carbonyl (C=O) groups excluding carboxylic acids is 1. The molecule has 0 radical (unpaired) electrons. The molecule has 0 unspecified atom stereocenters. The number of aromatic nitrogens is 1. The zero-order chi connectivity index (χ0) is 19.6. The van der Waals surface area contributed by atoms with E-state index in [-0.39, 0.29) is 24.2 Å². The molecule has 1 aromatic carbocycles. The number of nitrogens with zero attached hydrogens (tertiary/aromatic N) is 2. The van der Waals surface area contributed by atoms with Gasteiger partial charge in [0.15, 0.2) is 5.57 Å². The summed E-state index contributed by atoms with van der Waals surface area (Å²) in [6.45, 7) is 1.15. The average molecular weight is 387 g/mol. The Hall–Kier alpha value is -2.73. The maximum Gasteiger partial charge on any atom is 0.269 e. The lowest BCUT2D eigenvalue weighted by Crippen LogP contribution is -2.36. The zero-order valence-corrected chi connectivity index (χ0v) is 16.0. The lowest BCUT2D eigenvalue weighted by atomic mass is 10.2. The van der Waals surface area contributed by atoms with Gasteiger partial charge in [-0.1, -0.05) is 30.3 Å². The molecule has 0 aliphatic rings. The summed E-state index contributed by atoms with van der Waals surface area (Å²) in [6, 6.07) is 11.3. The van der Waals surface area contributed by atoms with Gasteiger partial charge >= 0.3 is 0 Å². The summed E-state index contributed by atoms with van der Waals surface area (Å²) in [6.07, 6.45) is 1.75. The van der Waals surface area contributed by atoms with Crippen molar-refractivity contribution in [2.24, 2.45) is 0 Å². The lowest BCUT2D eigenvalue weighted by Gasteiger charge is -2.04. The summed E-state index contributed by atoms with van der Waals surface area (Å²) < 4.78 is 12.1. The van der Waals surface area contributed by atoms with Crippen LogP contribution in [0.4, 0.5) is 0 Å². The van der Waals surface area contributed by atoms with Crippen molar-refractivity contribution in [3.63, 3.8) is 0 Å². The van der Waals surface area contributed by atoms with Gasteiger partial charge in [-0.05, 0) is 11.6 Å². The van der Waals surface area contributed by atoms with E-state index in [0.29, 0.717) is 22.4 Å². The number of methoxy groups -OCH3 is 2. The van der Waals surface area contributed by atoms with Gasteiger partial charge < -0.3 is 14.8 Å². The monoisotopic (exact) mass is 387 g/mol. The molecule has 1 aromatic heterocycles. The van der Waals surface area contributed by atoms with Crippen LogP contribution < -0.4 is 20.1 Å². The maximum absolute atomic E-state index is 12.8. The average Bonchev–Trinajstić information content (AvgIpc) is 2.97. The molecule has 0 aliphatic heterocycles. The molecule has 142 valence electrons. The molecule has 7 nitrogen and oxygen atoms in total. The fraction of sp³-hybridized carbons (Fsp3) is 0.316. The molecule has 0 atom stereocenters. The highest BCUT2D eigenvalue weighted by Crippen LogP contribution is 1.99. The molecule has 27 heavy (non-hydrogen) atoms. The first-order valence-electron chi connectivity index (χ1n) is 8.29. The minimum atomic E-state index is -0.534. The van der Waals surface area contributed by atoms with Crippen molar-refractivity contribution in [1.82, 2.24) is 9.88 Å². The van der Waals surface area contributed by atoms with Crippen molar-refractivity contribution < 1.29 is 14.3 Å². The highest BCUT2D eigenvalue weighted by Gasteiger charge is 2.15. The number of rotatable bonds is 8. The SMILES string of the molecule is COCCNC(=O)/C(C#N)=c1\s/c(=C\c2ccccc2)c(=O)n1CCOC. The summed E-state index contributed by atoms with van der Waals surface area (Å²) in [7, 11) is 3.05. The van der Waals surface area contributed by atoms with Crippen LogP contribution in [-0.2, 0) is 20.8 Å². The van der Waals surface area contributed by atoms with Crippen LogP contribution in [0.2, 0.25) is 0 Å². The van der Waals surface area contributed by atoms with E-state index in [4.69, 9.17) is 9.47 Å². The highest BCUT2D eigenvalue weighted by molar-refractivity contribution is 7.07. The Morgan fingerprint density at radius 3 is 2.59 bits per heavy atom. The number of nitriles is 1. The van der Waals surface area contributed by atoms with E-state index in [2.05, 4.69) is 5.32 Å². The third-order valence-electron chi connectivity index (χ3n) is 3.67. The van der Waals surface area contributed by atoms with Crippen LogP contribution in [0, 0.1) is 11.3 Å². The summed E-state index contributed by atoms with van der Waals surface area (Å²) in [4.78, 5) is 25.2. The number of thiazole rings is 1. The molecule has 1 amide bonds. The molecule has 0 fully saturated rings. The van der Waals surface area contributed by atoms with Crippen molar-refractivity contribution in [2.45, 2.75) is 6.54 Å². The van der Waals surface area contributed by atoms with Gasteiger partial charge in [-0.25, -0.2) is 0 Å². The van der Waals surface area contributed by atoms with Gasteiger partial charge in [0.05, 0.1) is 24.3 Å². The first kappa shape index (κ1) is 20.6. The second kappa shape index (κ2) is 10.4. The van der Waals surface area contributed by atoms with Crippen molar-refractivity contribution in [2.75, 3.05) is 34.0 Å². The Morgan fingerprint density at radius 2 is 1.96 bits per heavy atom. The van der Waals surface area contributed by atoms with Gasteiger partial charge in [0.2, 0.25) is 0 Å². The van der Waals surface area contributed by atoms with Gasteiger partial charge in [-0.15, -0.1) is 11.3 Å². The Morgan fingerprint density at radius 1 is 1.26 bits per heavy atom. The molecule has 8 heteroatoms. The molecule has 0 spiro atoms. The number of hydrogen-bond acceptors (Lipinski definition) is 6. The van der Waals surface area contributed by atoms with Crippen molar-refractivity contribution >= 4 is 28.9 Å². The van der Waals surface area contributed by atoms with E-state index in [0.717, 1.165) is 16.9 Å². The molecule has 1 heterocycles. The van der Waals surface area contributed by atoms with E-state index in [1.807, 2.05) is 36.4 Å². The van der Waals surface area contributed by atoms with Gasteiger partial charge in [0.25, 0.3) is 11.5 Å². The summed E-state index contributed by atoms with van der Waals surface area (Å²) in [5.74, 6) is -0.534. The molecule has 1 N–H and O–H groups in total. The lowest BCUT2D eigenvalue weighted by molar-refractivity contribution is -0.115. The zero-order valence-electron chi connectivity index (χ0n) is 15.2. The fourth-order valence-electron chi connectivity index (χ4n) is 2.34. The first-order valence-corrected chi connectivity index (χ1v) is 9.11. The Balaban J connectivity index is 2.61. The van der Waals surface area contributed by atoms with Crippen molar-refractivity contribution in [3.8, 4) is 6.07 Å². The standard InChI is InChI=1S/C19H21N3O4S/c1-25-10-8-21-17(23)15(13-20)19-22(9-11-26-2)18(24)16(27-19)12-14-6-4-3-5-7-14/h3-7,12H,8-11H2,1-2H3,(H,21,23)/b16-12-,19-15-. The Labute approximate surface area is 160 Å². The predicted molar refractivity (Wildman–Crippen MR) is 104 cm³/mol. The van der Waals surface area contributed by atoms with Crippen LogP contribution in [0.15, 0.2) is 35.1 Å². The minimum absolute atomic E-state index is 0.1000. The van der Waals surface area contributed by atoms with Crippen LogP contribution in [0.5, 0.6) is 0 Å². The molecule has 2 rings (SSSR count). The van der Waals surface area contributed by atoms with Gasteiger partial charge in [0, 0.05) is 20.8 Å². The highest BCUT2D eigenvalue weighted by atomic mass is 32.1. The first-order chi connectivity index (χ1) is 13.1. The van der Waals surface area contributed by atoms with Crippen LogP contribution in [0.3, 0.4) is 0 Å². The molecule has 0 saturated carbocycles. The molecule has 0 bridgehead atoms. The van der Waals surface area contributed by atoms with Crippen LogP contribution >= 0.6 is 11.3 Å². The Bertz CT molecular complexity index is 987. The van der Waals surface area contributed by atoms with Crippen LogP contribution in [-0.4, -0.2) is 44.5 Å².